The third kappa shape index (κ3) is 3.64. The molecule has 78 valence electrons. The maximum Gasteiger partial charge on any atom is 0.336 e. The number of carbonyl (C=O) groups is 1. The van der Waals surface area contributed by atoms with Crippen LogP contribution in [0.25, 0.3) is 0 Å². The standard InChI is InChI=1S/C11H16O3/c1-9(2)11(12)14-10-7-5-3-4-6-8-13-10/h6,8,10H,1,3-5,7H2,2H3/b8-6-. The summed E-state index contributed by atoms with van der Waals surface area (Å²) in [7, 11) is 0. The lowest BCUT2D eigenvalue weighted by atomic mass is 10.2. The number of carbonyl (C=O) groups excluding carboxylic acids is 1. The van der Waals surface area contributed by atoms with Gasteiger partial charge in [0.05, 0.1) is 6.26 Å². The molecule has 3 nitrogen and oxygen atoms in total. The van der Waals surface area contributed by atoms with Crippen molar-refractivity contribution < 1.29 is 14.3 Å². The van der Waals surface area contributed by atoms with E-state index in [2.05, 4.69) is 6.58 Å². The second-order valence-electron chi connectivity index (χ2n) is 3.41. The van der Waals surface area contributed by atoms with Crippen molar-refractivity contribution >= 4 is 5.97 Å². The summed E-state index contributed by atoms with van der Waals surface area (Å²) in [5.74, 6) is -0.385. The topological polar surface area (TPSA) is 35.5 Å². The monoisotopic (exact) mass is 196 g/mol. The molecule has 1 aliphatic rings. The van der Waals surface area contributed by atoms with Crippen LogP contribution in [-0.4, -0.2) is 12.3 Å². The Morgan fingerprint density at radius 3 is 3.07 bits per heavy atom. The van der Waals surface area contributed by atoms with Gasteiger partial charge in [-0.25, -0.2) is 4.79 Å². The van der Waals surface area contributed by atoms with Gasteiger partial charge in [0.1, 0.15) is 0 Å². The van der Waals surface area contributed by atoms with Crippen molar-refractivity contribution in [3.8, 4) is 0 Å². The molecule has 1 unspecified atom stereocenters. The average molecular weight is 196 g/mol. The Morgan fingerprint density at radius 2 is 2.36 bits per heavy atom. The molecule has 0 saturated carbocycles. The molecule has 3 heteroatoms. The molecular weight excluding hydrogens is 180 g/mol. The maximum absolute atomic E-state index is 11.2. The molecule has 14 heavy (non-hydrogen) atoms. The van der Waals surface area contributed by atoms with Crippen molar-refractivity contribution in [2.45, 2.75) is 38.9 Å². The lowest BCUT2D eigenvalue weighted by Crippen LogP contribution is -2.20. The highest BCUT2D eigenvalue weighted by Gasteiger charge is 2.15. The van der Waals surface area contributed by atoms with Gasteiger partial charge in [0, 0.05) is 12.0 Å². The molecule has 0 aliphatic carbocycles. The molecule has 1 atom stereocenters. The van der Waals surface area contributed by atoms with Crippen LogP contribution in [-0.2, 0) is 14.3 Å². The summed E-state index contributed by atoms with van der Waals surface area (Å²) in [6.07, 6.45) is 7.01. The number of hydrogen-bond donors (Lipinski definition) is 0. The van der Waals surface area contributed by atoms with E-state index in [4.69, 9.17) is 9.47 Å². The summed E-state index contributed by atoms with van der Waals surface area (Å²) >= 11 is 0. The molecular formula is C11H16O3. The molecule has 0 saturated heterocycles. The smallest absolute Gasteiger partial charge is 0.336 e. The van der Waals surface area contributed by atoms with Crippen LogP contribution < -0.4 is 0 Å². The SMILES string of the molecule is C=C(C)C(=O)OC1CCCC/C=C\O1. The zero-order valence-corrected chi connectivity index (χ0v) is 8.49. The normalized spacial score (nSPS) is 23.9. The third-order valence-electron chi connectivity index (χ3n) is 1.97. The van der Waals surface area contributed by atoms with Crippen molar-refractivity contribution in [3.05, 3.63) is 24.5 Å². The van der Waals surface area contributed by atoms with Crippen LogP contribution in [0.2, 0.25) is 0 Å². The minimum absolute atomic E-state index is 0.385. The Labute approximate surface area is 84.4 Å². The average Bonchev–Trinajstić information content (AvgIpc) is 2.08. The molecule has 0 N–H and O–H groups in total. The Bertz CT molecular complexity index is 243. The van der Waals surface area contributed by atoms with E-state index in [1.54, 1.807) is 13.2 Å². The van der Waals surface area contributed by atoms with Crippen molar-refractivity contribution in [3.63, 3.8) is 0 Å². The second-order valence-corrected chi connectivity index (χ2v) is 3.41. The molecule has 0 fully saturated rings. The van der Waals surface area contributed by atoms with Gasteiger partial charge in [0.25, 0.3) is 0 Å². The molecule has 0 amide bonds. The van der Waals surface area contributed by atoms with Gasteiger partial charge >= 0.3 is 5.97 Å². The summed E-state index contributed by atoms with van der Waals surface area (Å²) in [5, 5.41) is 0. The number of allylic oxidation sites excluding steroid dienone is 1. The highest BCUT2D eigenvalue weighted by molar-refractivity contribution is 5.86. The van der Waals surface area contributed by atoms with Crippen molar-refractivity contribution in [1.29, 1.82) is 0 Å². The van der Waals surface area contributed by atoms with Gasteiger partial charge in [-0.15, -0.1) is 0 Å². The fraction of sp³-hybridized carbons (Fsp3) is 0.545. The molecule has 1 heterocycles. The highest BCUT2D eigenvalue weighted by atomic mass is 16.7. The van der Waals surface area contributed by atoms with Gasteiger partial charge in [-0.2, -0.15) is 0 Å². The summed E-state index contributed by atoms with van der Waals surface area (Å²) in [6.45, 7) is 5.14. The minimum Gasteiger partial charge on any atom is -0.463 e. The van der Waals surface area contributed by atoms with Crippen LogP contribution >= 0.6 is 0 Å². The molecule has 0 spiro atoms. The van der Waals surface area contributed by atoms with Crippen molar-refractivity contribution in [2.24, 2.45) is 0 Å². The minimum atomic E-state index is -0.448. The first-order valence-corrected chi connectivity index (χ1v) is 4.87. The fourth-order valence-electron chi connectivity index (χ4n) is 1.16. The lowest BCUT2D eigenvalue weighted by Gasteiger charge is -2.18. The quantitative estimate of drug-likeness (QED) is 0.503. The molecule has 1 rings (SSSR count). The number of ether oxygens (including phenoxy) is 2. The fourth-order valence-corrected chi connectivity index (χ4v) is 1.16. The van der Waals surface area contributed by atoms with Gasteiger partial charge in [-0.1, -0.05) is 6.58 Å². The Kier molecular flexibility index (Phi) is 4.23. The van der Waals surface area contributed by atoms with E-state index in [-0.39, 0.29) is 5.97 Å². The zero-order valence-electron chi connectivity index (χ0n) is 8.49. The first-order chi connectivity index (χ1) is 6.70. The summed E-state index contributed by atoms with van der Waals surface area (Å²) < 4.78 is 10.3. The van der Waals surface area contributed by atoms with Gasteiger partial charge in [0.2, 0.25) is 6.29 Å². The number of hydrogen-bond acceptors (Lipinski definition) is 3. The lowest BCUT2D eigenvalue weighted by molar-refractivity contribution is -0.165. The predicted octanol–water partition coefficient (Wildman–Crippen LogP) is 2.54. The molecule has 0 bridgehead atoms. The van der Waals surface area contributed by atoms with Gasteiger partial charge in [-0.3, -0.25) is 0 Å². The predicted molar refractivity (Wildman–Crippen MR) is 53.4 cm³/mol. The largest absolute Gasteiger partial charge is 0.463 e. The molecule has 1 aliphatic heterocycles. The maximum atomic E-state index is 11.2. The van der Waals surface area contributed by atoms with Gasteiger partial charge in [0.15, 0.2) is 0 Å². The van der Waals surface area contributed by atoms with Crippen LogP contribution in [0.3, 0.4) is 0 Å². The second kappa shape index (κ2) is 5.47. The summed E-state index contributed by atoms with van der Waals surface area (Å²) in [4.78, 5) is 11.2. The van der Waals surface area contributed by atoms with Crippen molar-refractivity contribution in [2.75, 3.05) is 0 Å². The van der Waals surface area contributed by atoms with Crippen LogP contribution in [0.4, 0.5) is 0 Å². The summed E-state index contributed by atoms with van der Waals surface area (Å²) in [5.41, 5.74) is 0.402. The molecule has 0 aromatic carbocycles. The van der Waals surface area contributed by atoms with Crippen LogP contribution in [0.1, 0.15) is 32.6 Å². The summed E-state index contributed by atoms with van der Waals surface area (Å²) in [6, 6.07) is 0. The van der Waals surface area contributed by atoms with E-state index in [0.29, 0.717) is 5.57 Å². The van der Waals surface area contributed by atoms with E-state index in [1.165, 1.54) is 0 Å². The highest BCUT2D eigenvalue weighted by Crippen LogP contribution is 2.13. The molecule has 0 aromatic heterocycles. The van der Waals surface area contributed by atoms with Crippen molar-refractivity contribution in [1.82, 2.24) is 0 Å². The molecule has 0 radical (unpaired) electrons. The Hall–Kier alpha value is -1.25. The van der Waals surface area contributed by atoms with Gasteiger partial charge in [-0.05, 0) is 32.3 Å². The van der Waals surface area contributed by atoms with Crippen LogP contribution in [0, 0.1) is 0 Å². The number of rotatable bonds is 2. The van der Waals surface area contributed by atoms with E-state index >= 15 is 0 Å². The Morgan fingerprint density at radius 1 is 1.57 bits per heavy atom. The van der Waals surface area contributed by atoms with E-state index in [1.807, 2.05) is 6.08 Å². The third-order valence-corrected chi connectivity index (χ3v) is 1.97. The number of esters is 1. The van der Waals surface area contributed by atoms with Gasteiger partial charge < -0.3 is 9.47 Å². The van der Waals surface area contributed by atoms with Crippen LogP contribution in [0.5, 0.6) is 0 Å². The van der Waals surface area contributed by atoms with Crippen LogP contribution in [0.15, 0.2) is 24.5 Å². The first-order valence-electron chi connectivity index (χ1n) is 4.87. The van der Waals surface area contributed by atoms with E-state index in [0.717, 1.165) is 25.7 Å². The van der Waals surface area contributed by atoms with E-state index < -0.39 is 6.29 Å². The van der Waals surface area contributed by atoms with E-state index in [9.17, 15) is 4.79 Å². The zero-order chi connectivity index (χ0) is 10.4. The molecule has 0 aromatic rings. The Balaban J connectivity index is 2.41. The first kappa shape index (κ1) is 10.8.